The van der Waals surface area contributed by atoms with Gasteiger partial charge >= 0.3 is 0 Å². The van der Waals surface area contributed by atoms with Crippen LogP contribution in [0.15, 0.2) is 48.0 Å². The molecular weight excluding hydrogens is 408 g/mol. The third kappa shape index (κ3) is 4.97. The largest absolute Gasteiger partial charge is 0.508 e. The van der Waals surface area contributed by atoms with Crippen LogP contribution in [0.2, 0.25) is 0 Å². The Morgan fingerprint density at radius 2 is 1.76 bits per heavy atom. The zero-order valence-electron chi connectivity index (χ0n) is 21.1. The number of aromatic hydroxyl groups is 1. The SMILES string of the molecule is CNCCc1ccc2c(c1)C1CC(C)=CC(c3cc(CCN(C)C)ccc3O)C1C(C)(C)O2. The van der Waals surface area contributed by atoms with Gasteiger partial charge in [-0.2, -0.15) is 0 Å². The average Bonchev–Trinajstić information content (AvgIpc) is 2.76. The summed E-state index contributed by atoms with van der Waals surface area (Å²) in [6.45, 7) is 8.64. The van der Waals surface area contributed by atoms with E-state index in [1.165, 1.54) is 22.3 Å². The first-order valence-electron chi connectivity index (χ1n) is 12.3. The molecule has 1 heterocycles. The number of ether oxygens (including phenoxy) is 1. The lowest BCUT2D eigenvalue weighted by molar-refractivity contribution is -0.000498. The van der Waals surface area contributed by atoms with Gasteiger partial charge in [0.25, 0.3) is 0 Å². The van der Waals surface area contributed by atoms with Crippen LogP contribution in [0.4, 0.5) is 0 Å². The molecule has 0 aromatic heterocycles. The fourth-order valence-corrected chi connectivity index (χ4v) is 5.84. The van der Waals surface area contributed by atoms with E-state index in [0.717, 1.165) is 43.7 Å². The maximum atomic E-state index is 11.0. The van der Waals surface area contributed by atoms with Gasteiger partial charge in [-0.25, -0.2) is 0 Å². The molecule has 4 nitrogen and oxygen atoms in total. The Kier molecular flexibility index (Phi) is 6.88. The van der Waals surface area contributed by atoms with Crippen LogP contribution in [0.25, 0.3) is 0 Å². The molecule has 0 saturated carbocycles. The molecule has 0 amide bonds. The highest BCUT2D eigenvalue weighted by atomic mass is 16.5. The van der Waals surface area contributed by atoms with Crippen LogP contribution in [-0.2, 0) is 12.8 Å². The first kappa shape index (κ1) is 23.8. The summed E-state index contributed by atoms with van der Waals surface area (Å²) in [5, 5.41) is 14.2. The summed E-state index contributed by atoms with van der Waals surface area (Å²) in [6, 6.07) is 12.9. The normalized spacial score (nSPS) is 23.5. The van der Waals surface area contributed by atoms with Crippen molar-refractivity contribution in [1.82, 2.24) is 10.2 Å². The third-order valence-electron chi connectivity index (χ3n) is 7.44. The molecule has 0 fully saturated rings. The van der Waals surface area contributed by atoms with Gasteiger partial charge < -0.3 is 20.1 Å². The second-order valence-electron chi connectivity index (χ2n) is 10.8. The number of likely N-dealkylation sites (N-methyl/N-ethyl adjacent to an activating group) is 2. The second-order valence-corrected chi connectivity index (χ2v) is 10.8. The van der Waals surface area contributed by atoms with Crippen molar-refractivity contribution in [2.24, 2.45) is 5.92 Å². The molecule has 0 saturated heterocycles. The van der Waals surface area contributed by atoms with E-state index in [2.05, 4.69) is 81.5 Å². The zero-order valence-corrected chi connectivity index (χ0v) is 21.1. The van der Waals surface area contributed by atoms with Gasteiger partial charge in [-0.05, 0) is 102 Å². The molecule has 3 atom stereocenters. The molecule has 4 rings (SSSR count). The first-order chi connectivity index (χ1) is 15.7. The van der Waals surface area contributed by atoms with Crippen molar-refractivity contribution in [3.63, 3.8) is 0 Å². The maximum Gasteiger partial charge on any atom is 0.123 e. The molecule has 178 valence electrons. The number of phenols is 1. The van der Waals surface area contributed by atoms with Crippen molar-refractivity contribution in [1.29, 1.82) is 0 Å². The van der Waals surface area contributed by atoms with Crippen molar-refractivity contribution in [3.05, 3.63) is 70.3 Å². The Balaban J connectivity index is 1.75. The van der Waals surface area contributed by atoms with Crippen LogP contribution in [0, 0.1) is 5.92 Å². The molecule has 0 spiro atoms. The van der Waals surface area contributed by atoms with Gasteiger partial charge in [0.2, 0.25) is 0 Å². The molecular formula is C29H40N2O2. The predicted octanol–water partition coefficient (Wildman–Crippen LogP) is 5.26. The summed E-state index contributed by atoms with van der Waals surface area (Å²) in [6.07, 6.45) is 5.41. The minimum atomic E-state index is -0.335. The Morgan fingerprint density at radius 3 is 2.48 bits per heavy atom. The summed E-state index contributed by atoms with van der Waals surface area (Å²) in [5.41, 5.74) is 6.04. The van der Waals surface area contributed by atoms with E-state index in [1.807, 2.05) is 13.1 Å². The summed E-state index contributed by atoms with van der Waals surface area (Å²) in [7, 11) is 6.20. The monoisotopic (exact) mass is 448 g/mol. The van der Waals surface area contributed by atoms with Crippen LogP contribution in [0.5, 0.6) is 11.5 Å². The number of rotatable bonds is 7. The number of nitrogens with one attached hydrogen (secondary N) is 1. The fourth-order valence-electron chi connectivity index (χ4n) is 5.84. The standard InChI is InChI=1S/C29H40N2O2/c1-19-15-24(22-17-21(7-9-26(22)32)12-14-31(5)6)28-25(16-19)23-18-20(11-13-30-4)8-10-27(23)33-29(28,2)3/h7-10,15,17-18,24-25,28,30,32H,11-14,16H2,1-6H3. The fraction of sp³-hybridized carbons (Fsp3) is 0.517. The number of hydrogen-bond donors (Lipinski definition) is 2. The Bertz CT molecular complexity index is 1020. The van der Waals surface area contributed by atoms with Crippen LogP contribution < -0.4 is 10.1 Å². The van der Waals surface area contributed by atoms with Crippen LogP contribution in [0.1, 0.15) is 61.3 Å². The summed E-state index contributed by atoms with van der Waals surface area (Å²) in [5.74, 6) is 2.16. The van der Waals surface area contributed by atoms with Gasteiger partial charge in [0.15, 0.2) is 0 Å². The summed E-state index contributed by atoms with van der Waals surface area (Å²) in [4.78, 5) is 2.20. The molecule has 3 unspecified atom stereocenters. The van der Waals surface area contributed by atoms with Gasteiger partial charge in [0.05, 0.1) is 0 Å². The van der Waals surface area contributed by atoms with Gasteiger partial charge in [0, 0.05) is 23.9 Å². The second kappa shape index (κ2) is 9.52. The lowest BCUT2D eigenvalue weighted by atomic mass is 9.61. The predicted molar refractivity (Wildman–Crippen MR) is 136 cm³/mol. The molecule has 1 aliphatic carbocycles. The Hall–Kier alpha value is -2.30. The van der Waals surface area contributed by atoms with Crippen LogP contribution >= 0.6 is 0 Å². The highest BCUT2D eigenvalue weighted by Gasteiger charge is 2.49. The van der Waals surface area contributed by atoms with Gasteiger partial charge in [-0.1, -0.05) is 35.9 Å². The van der Waals surface area contributed by atoms with Crippen LogP contribution in [0.3, 0.4) is 0 Å². The quantitative estimate of drug-likeness (QED) is 0.567. The average molecular weight is 449 g/mol. The van der Waals surface area contributed by atoms with Crippen molar-refractivity contribution < 1.29 is 9.84 Å². The molecule has 2 aromatic rings. The maximum absolute atomic E-state index is 11.0. The van der Waals surface area contributed by atoms with E-state index in [-0.39, 0.29) is 17.4 Å². The van der Waals surface area contributed by atoms with Gasteiger partial charge in [0.1, 0.15) is 17.1 Å². The molecule has 33 heavy (non-hydrogen) atoms. The Morgan fingerprint density at radius 1 is 1.06 bits per heavy atom. The molecule has 2 aliphatic rings. The van der Waals surface area contributed by atoms with Crippen molar-refractivity contribution in [2.45, 2.75) is 57.5 Å². The number of phenolic OH excluding ortho intramolecular Hbond substituents is 1. The minimum absolute atomic E-state index is 0.118. The molecule has 1 aliphatic heterocycles. The van der Waals surface area contributed by atoms with E-state index >= 15 is 0 Å². The number of hydrogen-bond acceptors (Lipinski definition) is 4. The lowest BCUT2D eigenvalue weighted by Gasteiger charge is -2.50. The van der Waals surface area contributed by atoms with E-state index < -0.39 is 0 Å². The van der Waals surface area contributed by atoms with E-state index in [1.54, 1.807) is 0 Å². The number of fused-ring (bicyclic) bond motifs is 3. The van der Waals surface area contributed by atoms with E-state index in [9.17, 15) is 5.11 Å². The van der Waals surface area contributed by atoms with Gasteiger partial charge in [-0.3, -0.25) is 0 Å². The lowest BCUT2D eigenvalue weighted by Crippen LogP contribution is -2.48. The molecule has 0 bridgehead atoms. The number of allylic oxidation sites excluding steroid dienone is 2. The van der Waals surface area contributed by atoms with Crippen molar-refractivity contribution in [2.75, 3.05) is 34.2 Å². The highest BCUT2D eigenvalue weighted by molar-refractivity contribution is 5.49. The summed E-state index contributed by atoms with van der Waals surface area (Å²) < 4.78 is 6.65. The number of benzene rings is 2. The molecule has 2 aromatic carbocycles. The van der Waals surface area contributed by atoms with E-state index in [4.69, 9.17) is 4.74 Å². The third-order valence-corrected chi connectivity index (χ3v) is 7.44. The smallest absolute Gasteiger partial charge is 0.123 e. The topological polar surface area (TPSA) is 44.7 Å². The van der Waals surface area contributed by atoms with Crippen LogP contribution in [-0.4, -0.2) is 49.8 Å². The van der Waals surface area contributed by atoms with Crippen molar-refractivity contribution >= 4 is 0 Å². The highest BCUT2D eigenvalue weighted by Crippen LogP contribution is 2.56. The summed E-state index contributed by atoms with van der Waals surface area (Å²) >= 11 is 0. The van der Waals surface area contributed by atoms with E-state index in [0.29, 0.717) is 11.7 Å². The first-order valence-corrected chi connectivity index (χ1v) is 12.3. The van der Waals surface area contributed by atoms with Crippen molar-refractivity contribution in [3.8, 4) is 11.5 Å². The van der Waals surface area contributed by atoms with Gasteiger partial charge in [-0.15, -0.1) is 0 Å². The minimum Gasteiger partial charge on any atom is -0.508 e. The molecule has 2 N–H and O–H groups in total. The zero-order chi connectivity index (χ0) is 23.8. The molecule has 0 radical (unpaired) electrons. The number of nitrogens with zero attached hydrogens (tertiary/aromatic N) is 1. The molecule has 4 heteroatoms. The Labute approximate surface area is 199 Å².